The van der Waals surface area contributed by atoms with Crippen molar-refractivity contribution in [2.24, 2.45) is 0 Å². The molecule has 0 unspecified atom stereocenters. The number of anilines is 1. The van der Waals surface area contributed by atoms with Gasteiger partial charge in [-0.1, -0.05) is 24.1 Å². The van der Waals surface area contributed by atoms with Crippen molar-refractivity contribution >= 4 is 17.3 Å². The minimum absolute atomic E-state index is 0.689. The van der Waals surface area contributed by atoms with Crippen molar-refractivity contribution < 1.29 is 0 Å². The lowest BCUT2D eigenvalue weighted by Crippen LogP contribution is -2.10. The van der Waals surface area contributed by atoms with Gasteiger partial charge in [0, 0.05) is 23.7 Å². The van der Waals surface area contributed by atoms with Crippen LogP contribution in [0, 0.1) is 6.92 Å². The summed E-state index contributed by atoms with van der Waals surface area (Å²) in [5.74, 6) is 2.14. The van der Waals surface area contributed by atoms with Crippen molar-refractivity contribution in [2.45, 2.75) is 45.7 Å². The number of benzene rings is 1. The molecule has 0 radical (unpaired) electrons. The highest BCUT2D eigenvalue weighted by molar-refractivity contribution is 6.31. The molecule has 1 aromatic carbocycles. The van der Waals surface area contributed by atoms with Gasteiger partial charge in [-0.2, -0.15) is 0 Å². The molecule has 0 fully saturated rings. The summed E-state index contributed by atoms with van der Waals surface area (Å²) >= 11 is 6.14. The Kier molecular flexibility index (Phi) is 3.92. The van der Waals surface area contributed by atoms with Gasteiger partial charge >= 0.3 is 0 Å². The van der Waals surface area contributed by atoms with Gasteiger partial charge in [-0.3, -0.25) is 0 Å². The average Bonchev–Trinajstić information content (AvgIpc) is 2.68. The van der Waals surface area contributed by atoms with E-state index < -0.39 is 0 Å². The minimum Gasteiger partial charge on any atom is -0.377 e. The zero-order valence-electron chi connectivity index (χ0n) is 11.7. The predicted octanol–water partition coefficient (Wildman–Crippen LogP) is 3.58. The highest BCUT2D eigenvalue weighted by atomic mass is 35.5. The third-order valence-electron chi connectivity index (χ3n) is 3.89. The Morgan fingerprint density at radius 1 is 1.25 bits per heavy atom. The predicted molar refractivity (Wildman–Crippen MR) is 81.1 cm³/mol. The monoisotopic (exact) mass is 290 g/mol. The maximum atomic E-state index is 6.14. The molecule has 0 saturated carbocycles. The van der Waals surface area contributed by atoms with Crippen LogP contribution >= 0.6 is 11.6 Å². The molecule has 0 spiro atoms. The van der Waals surface area contributed by atoms with Crippen LogP contribution < -0.4 is 5.32 Å². The number of hydrogen-bond donors (Lipinski definition) is 1. The molecule has 1 N–H and O–H groups in total. The molecule has 0 bridgehead atoms. The first-order valence-corrected chi connectivity index (χ1v) is 7.53. The lowest BCUT2D eigenvalue weighted by atomic mass is 10.2. The number of nitrogens with zero attached hydrogens (tertiary/aromatic N) is 3. The Bertz CT molecular complexity index is 606. The van der Waals surface area contributed by atoms with Gasteiger partial charge in [-0.05, 0) is 37.5 Å². The van der Waals surface area contributed by atoms with Gasteiger partial charge in [0.15, 0.2) is 5.82 Å². The van der Waals surface area contributed by atoms with E-state index in [1.54, 1.807) is 0 Å². The van der Waals surface area contributed by atoms with Crippen molar-refractivity contribution in [3.8, 4) is 0 Å². The number of aromatic nitrogens is 3. The molecule has 20 heavy (non-hydrogen) atoms. The molecule has 3 rings (SSSR count). The number of hydrogen-bond acceptors (Lipinski definition) is 3. The summed E-state index contributed by atoms with van der Waals surface area (Å²) in [5.41, 5.74) is 2.13. The molecule has 2 aromatic rings. The van der Waals surface area contributed by atoms with E-state index in [2.05, 4.69) is 20.1 Å². The number of nitrogens with one attached hydrogen (secondary N) is 1. The topological polar surface area (TPSA) is 42.7 Å². The van der Waals surface area contributed by atoms with E-state index >= 15 is 0 Å². The lowest BCUT2D eigenvalue weighted by Gasteiger charge is -2.11. The second kappa shape index (κ2) is 5.83. The van der Waals surface area contributed by atoms with Gasteiger partial charge in [-0.15, -0.1) is 10.2 Å². The lowest BCUT2D eigenvalue weighted by molar-refractivity contribution is 0.610. The second-order valence-corrected chi connectivity index (χ2v) is 5.67. The van der Waals surface area contributed by atoms with Crippen LogP contribution in [0.5, 0.6) is 0 Å². The minimum atomic E-state index is 0.689. The van der Waals surface area contributed by atoms with Crippen LogP contribution in [-0.4, -0.2) is 14.8 Å². The van der Waals surface area contributed by atoms with Crippen LogP contribution in [0.4, 0.5) is 5.69 Å². The highest BCUT2D eigenvalue weighted by Crippen LogP contribution is 2.23. The van der Waals surface area contributed by atoms with Crippen molar-refractivity contribution in [1.29, 1.82) is 0 Å². The normalized spacial score (nSPS) is 14.7. The van der Waals surface area contributed by atoms with Gasteiger partial charge in [-0.25, -0.2) is 0 Å². The fourth-order valence-corrected chi connectivity index (χ4v) is 2.82. The fraction of sp³-hybridized carbons (Fsp3) is 0.467. The number of aryl methyl sites for hydroxylation is 1. The van der Waals surface area contributed by atoms with E-state index in [0.29, 0.717) is 6.54 Å². The van der Waals surface area contributed by atoms with Gasteiger partial charge in [0.2, 0.25) is 0 Å². The molecule has 106 valence electrons. The second-order valence-electron chi connectivity index (χ2n) is 5.26. The van der Waals surface area contributed by atoms with Crippen LogP contribution in [0.15, 0.2) is 18.2 Å². The molecule has 1 aliphatic rings. The van der Waals surface area contributed by atoms with E-state index in [4.69, 9.17) is 11.6 Å². The molecule has 1 aliphatic heterocycles. The van der Waals surface area contributed by atoms with Gasteiger partial charge in [0.25, 0.3) is 0 Å². The van der Waals surface area contributed by atoms with Gasteiger partial charge in [0.05, 0.1) is 6.54 Å². The first kappa shape index (κ1) is 13.4. The van der Waals surface area contributed by atoms with Gasteiger partial charge in [0.1, 0.15) is 5.82 Å². The van der Waals surface area contributed by atoms with Crippen LogP contribution in [-0.2, 0) is 19.5 Å². The largest absolute Gasteiger partial charge is 0.377 e. The van der Waals surface area contributed by atoms with Gasteiger partial charge < -0.3 is 9.88 Å². The Morgan fingerprint density at radius 3 is 3.05 bits per heavy atom. The zero-order valence-corrected chi connectivity index (χ0v) is 12.5. The van der Waals surface area contributed by atoms with Crippen LogP contribution in [0.3, 0.4) is 0 Å². The molecule has 4 nitrogen and oxygen atoms in total. The molecule has 2 heterocycles. The first-order chi connectivity index (χ1) is 9.75. The summed E-state index contributed by atoms with van der Waals surface area (Å²) in [6.45, 7) is 3.75. The van der Waals surface area contributed by atoms with E-state index in [1.807, 2.05) is 25.1 Å². The standard InChI is InChI=1S/C15H19ClN4/c1-11-12(16)6-5-7-13(11)17-10-15-19-18-14-8-3-2-4-9-20(14)15/h5-7,17H,2-4,8-10H2,1H3. The Hall–Kier alpha value is -1.55. The van der Waals surface area contributed by atoms with Crippen molar-refractivity contribution in [3.05, 3.63) is 40.4 Å². The summed E-state index contributed by atoms with van der Waals surface area (Å²) in [4.78, 5) is 0. The molecule has 0 saturated heterocycles. The number of fused-ring (bicyclic) bond motifs is 1. The van der Waals surface area contributed by atoms with Crippen LogP contribution in [0.2, 0.25) is 5.02 Å². The third-order valence-corrected chi connectivity index (χ3v) is 4.30. The van der Waals surface area contributed by atoms with E-state index in [1.165, 1.54) is 19.3 Å². The molecule has 0 aliphatic carbocycles. The highest BCUT2D eigenvalue weighted by Gasteiger charge is 2.14. The SMILES string of the molecule is Cc1c(Cl)cccc1NCc1nnc2n1CCCCC2. The van der Waals surface area contributed by atoms with Crippen LogP contribution in [0.25, 0.3) is 0 Å². The number of halogens is 1. The molecular weight excluding hydrogens is 272 g/mol. The molecule has 5 heteroatoms. The third kappa shape index (κ3) is 2.66. The number of rotatable bonds is 3. The maximum absolute atomic E-state index is 6.14. The summed E-state index contributed by atoms with van der Waals surface area (Å²) in [6, 6.07) is 5.91. The maximum Gasteiger partial charge on any atom is 0.152 e. The quantitative estimate of drug-likeness (QED) is 0.939. The van der Waals surface area contributed by atoms with Crippen molar-refractivity contribution in [3.63, 3.8) is 0 Å². The van der Waals surface area contributed by atoms with Crippen molar-refractivity contribution in [2.75, 3.05) is 5.32 Å². The smallest absolute Gasteiger partial charge is 0.152 e. The Labute approximate surface area is 124 Å². The van der Waals surface area contributed by atoms with E-state index in [-0.39, 0.29) is 0 Å². The van der Waals surface area contributed by atoms with E-state index in [0.717, 1.165) is 40.9 Å². The Balaban J connectivity index is 1.76. The first-order valence-electron chi connectivity index (χ1n) is 7.15. The molecular formula is C15H19ClN4. The summed E-state index contributed by atoms with van der Waals surface area (Å²) < 4.78 is 2.26. The summed E-state index contributed by atoms with van der Waals surface area (Å²) in [6.07, 6.45) is 4.76. The molecule has 0 atom stereocenters. The Morgan fingerprint density at radius 2 is 2.15 bits per heavy atom. The fourth-order valence-electron chi connectivity index (χ4n) is 2.65. The van der Waals surface area contributed by atoms with Crippen molar-refractivity contribution in [1.82, 2.24) is 14.8 Å². The zero-order chi connectivity index (χ0) is 13.9. The molecule has 0 amide bonds. The summed E-state index contributed by atoms with van der Waals surface area (Å²) in [7, 11) is 0. The summed E-state index contributed by atoms with van der Waals surface area (Å²) in [5, 5.41) is 12.8. The molecule has 1 aromatic heterocycles. The van der Waals surface area contributed by atoms with Crippen LogP contribution in [0.1, 0.15) is 36.5 Å². The van der Waals surface area contributed by atoms with E-state index in [9.17, 15) is 0 Å². The average molecular weight is 291 g/mol.